The van der Waals surface area contributed by atoms with E-state index in [0.29, 0.717) is 34.1 Å². The number of carbonyl (C=O) groups excluding carboxylic acids is 1. The quantitative estimate of drug-likeness (QED) is 0.663. The Kier molecular flexibility index (Phi) is 6.12. The largest absolute Gasteiger partial charge is 0.493 e. The van der Waals surface area contributed by atoms with Crippen LogP contribution in [0.15, 0.2) is 54.7 Å². The maximum absolute atomic E-state index is 12.8. The van der Waals surface area contributed by atoms with Gasteiger partial charge in [0, 0.05) is 19.2 Å². The van der Waals surface area contributed by atoms with Crippen molar-refractivity contribution in [2.45, 2.75) is 6.10 Å². The van der Waals surface area contributed by atoms with Gasteiger partial charge in [0.2, 0.25) is 0 Å². The Balaban J connectivity index is 1.85. The molecule has 0 aliphatic heterocycles. The van der Waals surface area contributed by atoms with Crippen LogP contribution in [0.4, 0.5) is 5.82 Å². The van der Waals surface area contributed by atoms with Crippen LogP contribution in [-0.4, -0.2) is 37.0 Å². The summed E-state index contributed by atoms with van der Waals surface area (Å²) in [6.45, 7) is 0. The lowest BCUT2D eigenvalue weighted by Gasteiger charge is -2.17. The Morgan fingerprint density at radius 2 is 1.79 bits per heavy atom. The van der Waals surface area contributed by atoms with E-state index in [1.807, 2.05) is 6.07 Å². The van der Waals surface area contributed by atoms with Crippen LogP contribution >= 0.6 is 0 Å². The van der Waals surface area contributed by atoms with Crippen LogP contribution in [0.1, 0.15) is 17.2 Å². The van der Waals surface area contributed by atoms with E-state index in [4.69, 9.17) is 19.5 Å². The first-order chi connectivity index (χ1) is 14.1. The van der Waals surface area contributed by atoms with E-state index < -0.39 is 6.10 Å². The first kappa shape index (κ1) is 19.9. The minimum atomic E-state index is -0.837. The Morgan fingerprint density at radius 3 is 2.41 bits per heavy atom. The fourth-order valence-electron chi connectivity index (χ4n) is 2.88. The van der Waals surface area contributed by atoms with Gasteiger partial charge < -0.3 is 19.5 Å². The summed E-state index contributed by atoms with van der Waals surface area (Å²) in [5.74, 6) is 1.25. The molecule has 0 spiro atoms. The van der Waals surface area contributed by atoms with E-state index in [2.05, 4.69) is 10.4 Å². The minimum absolute atomic E-state index is 0.362. The zero-order chi connectivity index (χ0) is 20.8. The van der Waals surface area contributed by atoms with Gasteiger partial charge in [-0.2, -0.15) is 10.4 Å². The number of benzene rings is 2. The standard InChI is InChI=1S/C21H20N4O4/c1-27-17-9-8-16(12-18(17)28-2)25-19(10-11-23-25)24-21(26)20(29-3)15-6-4-14(13-22)5-7-15/h4-12,20H,1-3H3,(H,24,26). The van der Waals surface area contributed by atoms with E-state index in [-0.39, 0.29) is 5.91 Å². The average Bonchev–Trinajstić information content (AvgIpc) is 3.22. The van der Waals surface area contributed by atoms with Crippen molar-refractivity contribution in [2.24, 2.45) is 0 Å². The van der Waals surface area contributed by atoms with E-state index in [9.17, 15) is 4.79 Å². The second kappa shape index (κ2) is 8.91. The molecule has 0 saturated heterocycles. The number of anilines is 1. The summed E-state index contributed by atoms with van der Waals surface area (Å²) >= 11 is 0. The summed E-state index contributed by atoms with van der Waals surface area (Å²) in [5, 5.41) is 16.0. The van der Waals surface area contributed by atoms with Crippen molar-refractivity contribution in [3.8, 4) is 23.3 Å². The second-order valence-corrected chi connectivity index (χ2v) is 6.01. The number of hydrogen-bond donors (Lipinski definition) is 1. The van der Waals surface area contributed by atoms with Crippen LogP contribution in [0.5, 0.6) is 11.5 Å². The van der Waals surface area contributed by atoms with Crippen molar-refractivity contribution in [1.29, 1.82) is 5.26 Å². The van der Waals surface area contributed by atoms with Crippen molar-refractivity contribution in [2.75, 3.05) is 26.6 Å². The van der Waals surface area contributed by atoms with Gasteiger partial charge in [-0.05, 0) is 29.8 Å². The van der Waals surface area contributed by atoms with Crippen LogP contribution in [0, 0.1) is 11.3 Å². The van der Waals surface area contributed by atoms with Crippen molar-refractivity contribution >= 4 is 11.7 Å². The summed E-state index contributed by atoms with van der Waals surface area (Å²) in [5.41, 5.74) is 1.84. The van der Waals surface area contributed by atoms with Gasteiger partial charge in [-0.15, -0.1) is 0 Å². The first-order valence-electron chi connectivity index (χ1n) is 8.71. The molecule has 0 fully saturated rings. The van der Waals surface area contributed by atoms with Crippen LogP contribution in [0.25, 0.3) is 5.69 Å². The number of hydrogen-bond acceptors (Lipinski definition) is 6. The minimum Gasteiger partial charge on any atom is -0.493 e. The Labute approximate surface area is 168 Å². The third kappa shape index (κ3) is 4.20. The van der Waals surface area contributed by atoms with E-state index in [0.717, 1.165) is 0 Å². The van der Waals surface area contributed by atoms with Crippen LogP contribution in [0.2, 0.25) is 0 Å². The summed E-state index contributed by atoms with van der Waals surface area (Å²) in [6, 6.07) is 15.7. The molecule has 1 aromatic heterocycles. The number of nitrogens with one attached hydrogen (secondary N) is 1. The average molecular weight is 392 g/mol. The van der Waals surface area contributed by atoms with Gasteiger partial charge >= 0.3 is 0 Å². The lowest BCUT2D eigenvalue weighted by Crippen LogP contribution is -2.24. The molecule has 1 heterocycles. The molecule has 1 amide bonds. The van der Waals surface area contributed by atoms with E-state index in [1.165, 1.54) is 7.11 Å². The number of rotatable bonds is 7. The van der Waals surface area contributed by atoms with Crippen molar-refractivity contribution < 1.29 is 19.0 Å². The summed E-state index contributed by atoms with van der Waals surface area (Å²) in [7, 11) is 4.56. The highest BCUT2D eigenvalue weighted by atomic mass is 16.5. The van der Waals surface area contributed by atoms with Gasteiger partial charge in [-0.3, -0.25) is 4.79 Å². The van der Waals surface area contributed by atoms with E-state index in [1.54, 1.807) is 73.6 Å². The third-order valence-corrected chi connectivity index (χ3v) is 4.32. The number of carbonyl (C=O) groups is 1. The molecule has 8 heteroatoms. The molecule has 1 N–H and O–H groups in total. The van der Waals surface area contributed by atoms with Gasteiger partial charge in [-0.1, -0.05) is 12.1 Å². The molecule has 148 valence electrons. The van der Waals surface area contributed by atoms with Gasteiger partial charge in [-0.25, -0.2) is 4.68 Å². The number of nitriles is 1. The lowest BCUT2D eigenvalue weighted by atomic mass is 10.1. The fraction of sp³-hybridized carbons (Fsp3) is 0.190. The number of aromatic nitrogens is 2. The number of ether oxygens (including phenoxy) is 3. The number of methoxy groups -OCH3 is 3. The van der Waals surface area contributed by atoms with Crippen molar-refractivity contribution in [1.82, 2.24) is 9.78 Å². The number of amides is 1. The lowest BCUT2D eigenvalue weighted by molar-refractivity contribution is -0.126. The predicted octanol–water partition coefficient (Wildman–Crippen LogP) is 3.09. The van der Waals surface area contributed by atoms with Gasteiger partial charge in [0.25, 0.3) is 5.91 Å². The van der Waals surface area contributed by atoms with Crippen LogP contribution < -0.4 is 14.8 Å². The fourth-order valence-corrected chi connectivity index (χ4v) is 2.88. The summed E-state index contributed by atoms with van der Waals surface area (Å²) in [6.07, 6.45) is 0.743. The molecular weight excluding hydrogens is 372 g/mol. The van der Waals surface area contributed by atoms with E-state index >= 15 is 0 Å². The third-order valence-electron chi connectivity index (χ3n) is 4.32. The zero-order valence-electron chi connectivity index (χ0n) is 16.2. The molecule has 0 saturated carbocycles. The van der Waals surface area contributed by atoms with Gasteiger partial charge in [0.1, 0.15) is 5.82 Å². The summed E-state index contributed by atoms with van der Waals surface area (Å²) in [4.78, 5) is 12.8. The Bertz CT molecular complexity index is 1040. The molecule has 8 nitrogen and oxygen atoms in total. The molecule has 0 aliphatic carbocycles. The normalized spacial score (nSPS) is 11.4. The topological polar surface area (TPSA) is 98.4 Å². The molecule has 3 aromatic rings. The molecular formula is C21H20N4O4. The number of nitrogens with zero attached hydrogens (tertiary/aromatic N) is 3. The Hall–Kier alpha value is -3.83. The SMILES string of the molecule is COc1ccc(-n2nccc2NC(=O)C(OC)c2ccc(C#N)cc2)cc1OC. The zero-order valence-corrected chi connectivity index (χ0v) is 16.2. The molecule has 0 bridgehead atoms. The smallest absolute Gasteiger partial charge is 0.259 e. The van der Waals surface area contributed by atoms with Crippen molar-refractivity contribution in [3.05, 3.63) is 65.9 Å². The molecule has 2 aromatic carbocycles. The predicted molar refractivity (Wildman–Crippen MR) is 106 cm³/mol. The van der Waals surface area contributed by atoms with Gasteiger partial charge in [0.15, 0.2) is 17.6 Å². The molecule has 0 aliphatic rings. The molecule has 1 atom stereocenters. The van der Waals surface area contributed by atoms with Crippen molar-refractivity contribution in [3.63, 3.8) is 0 Å². The summed E-state index contributed by atoms with van der Waals surface area (Å²) < 4.78 is 17.5. The monoisotopic (exact) mass is 392 g/mol. The molecule has 0 radical (unpaired) electrons. The molecule has 3 rings (SSSR count). The Morgan fingerprint density at radius 1 is 1.07 bits per heavy atom. The first-order valence-corrected chi connectivity index (χ1v) is 8.71. The molecule has 1 unspecified atom stereocenters. The van der Waals surface area contributed by atoms with Crippen LogP contribution in [0.3, 0.4) is 0 Å². The van der Waals surface area contributed by atoms with Crippen LogP contribution in [-0.2, 0) is 9.53 Å². The highest BCUT2D eigenvalue weighted by Gasteiger charge is 2.22. The highest BCUT2D eigenvalue weighted by molar-refractivity contribution is 5.94. The molecule has 29 heavy (non-hydrogen) atoms. The maximum atomic E-state index is 12.8. The van der Waals surface area contributed by atoms with Gasteiger partial charge in [0.05, 0.1) is 37.7 Å². The second-order valence-electron chi connectivity index (χ2n) is 6.01. The maximum Gasteiger partial charge on any atom is 0.259 e. The highest BCUT2D eigenvalue weighted by Crippen LogP contribution is 2.30.